The minimum absolute atomic E-state index is 0.0410. The van der Waals surface area contributed by atoms with E-state index in [0.717, 1.165) is 32.9 Å². The topological polar surface area (TPSA) is 115 Å². The zero-order valence-corrected chi connectivity index (χ0v) is 19.8. The number of cyclic esters (lactones) is 1. The van der Waals surface area contributed by atoms with Gasteiger partial charge in [0.25, 0.3) is 0 Å². The predicted octanol–water partition coefficient (Wildman–Crippen LogP) is 2.60. The molecule has 1 fully saturated rings. The number of benzene rings is 1. The van der Waals surface area contributed by atoms with Gasteiger partial charge in [0.15, 0.2) is 0 Å². The number of rotatable bonds is 6. The molecule has 180 valence electrons. The van der Waals surface area contributed by atoms with Crippen molar-refractivity contribution in [3.63, 3.8) is 0 Å². The number of thioether (sulfide) groups is 1. The highest BCUT2D eigenvalue weighted by Crippen LogP contribution is 2.36. The van der Waals surface area contributed by atoms with Crippen molar-refractivity contribution in [2.45, 2.75) is 23.5 Å². The van der Waals surface area contributed by atoms with E-state index in [4.69, 9.17) is 14.2 Å². The van der Waals surface area contributed by atoms with Crippen LogP contribution in [0, 0.1) is 0 Å². The predicted molar refractivity (Wildman–Crippen MR) is 130 cm³/mol. The number of hydrogen-bond donors (Lipinski definition) is 2. The highest BCUT2D eigenvalue weighted by atomic mass is 32.2. The summed E-state index contributed by atoms with van der Waals surface area (Å²) >= 11 is 1.49. The Hall–Kier alpha value is -3.57. The van der Waals surface area contributed by atoms with Crippen LogP contribution in [0.5, 0.6) is 11.6 Å². The molecule has 5 heterocycles. The molecular weight excluding hydrogens is 470 g/mol. The van der Waals surface area contributed by atoms with Crippen molar-refractivity contribution >= 4 is 46.2 Å². The molecule has 6 rings (SSSR count). The fraction of sp³-hybridized carbons (Fsp3) is 0.333. The summed E-state index contributed by atoms with van der Waals surface area (Å²) in [5, 5.41) is 6.23. The van der Waals surface area contributed by atoms with Crippen LogP contribution in [-0.4, -0.2) is 66.7 Å². The van der Waals surface area contributed by atoms with E-state index in [1.54, 1.807) is 24.3 Å². The van der Waals surface area contributed by atoms with Gasteiger partial charge in [-0.15, -0.1) is 11.8 Å². The maximum Gasteiger partial charge on any atom is 0.414 e. The van der Waals surface area contributed by atoms with Crippen LogP contribution in [-0.2, 0) is 16.0 Å². The average molecular weight is 494 g/mol. The van der Waals surface area contributed by atoms with Gasteiger partial charge >= 0.3 is 6.09 Å². The molecule has 1 saturated heterocycles. The van der Waals surface area contributed by atoms with Gasteiger partial charge in [0.05, 0.1) is 42.3 Å². The highest BCUT2D eigenvalue weighted by molar-refractivity contribution is 8.00. The van der Waals surface area contributed by atoms with Crippen LogP contribution in [0.4, 0.5) is 16.2 Å². The molecule has 2 N–H and O–H groups in total. The smallest absolute Gasteiger partial charge is 0.414 e. The Bertz CT molecular complexity index is 1340. The minimum Gasteiger partial charge on any atom is -0.487 e. The first kappa shape index (κ1) is 21.9. The number of fused-ring (bicyclic) bond motifs is 4. The molecule has 1 aromatic carbocycles. The van der Waals surface area contributed by atoms with Gasteiger partial charge in [0.2, 0.25) is 11.8 Å². The van der Waals surface area contributed by atoms with Crippen LogP contribution < -0.4 is 25.0 Å². The van der Waals surface area contributed by atoms with E-state index in [1.807, 2.05) is 24.3 Å². The Morgan fingerprint density at radius 2 is 2.09 bits per heavy atom. The summed E-state index contributed by atoms with van der Waals surface area (Å²) in [4.78, 5) is 35.8. The molecular formula is C24H23N5O5S. The maximum absolute atomic E-state index is 12.5. The molecule has 0 unspecified atom stereocenters. The number of ether oxygens (including phenoxy) is 3. The number of pyridine rings is 2. The number of nitrogens with one attached hydrogen (secondary N) is 2. The van der Waals surface area contributed by atoms with Crippen molar-refractivity contribution in [3.8, 4) is 11.6 Å². The van der Waals surface area contributed by atoms with Crippen LogP contribution in [0.3, 0.4) is 0 Å². The standard InChI is InChI=1S/C24H23N5O5S/c1-32-22-5-3-17-23(28-22)16-7-14(33-19(16)10-26-17)8-25-9-15-11-29(24(31)34-15)13-2-4-20-18(6-13)27-21(30)12-35-20/h2-6,10,14-15,25H,7-9,11-12H2,1H3,(H,27,30)/t14-,15-/m1/s1. The van der Waals surface area contributed by atoms with E-state index in [-0.39, 0.29) is 18.1 Å². The Balaban J connectivity index is 1.05. The second-order valence-corrected chi connectivity index (χ2v) is 9.58. The molecule has 2 aromatic heterocycles. The summed E-state index contributed by atoms with van der Waals surface area (Å²) in [6, 6.07) is 9.31. The summed E-state index contributed by atoms with van der Waals surface area (Å²) in [6.07, 6.45) is 1.69. The molecule has 0 radical (unpaired) electrons. The molecule has 2 amide bonds. The normalized spacial score (nSPS) is 20.8. The lowest BCUT2D eigenvalue weighted by Gasteiger charge is -2.20. The van der Waals surface area contributed by atoms with Gasteiger partial charge in [0.1, 0.15) is 18.0 Å². The quantitative estimate of drug-likeness (QED) is 0.535. The fourth-order valence-electron chi connectivity index (χ4n) is 4.54. The summed E-state index contributed by atoms with van der Waals surface area (Å²) in [7, 11) is 1.59. The third-order valence-electron chi connectivity index (χ3n) is 6.21. The highest BCUT2D eigenvalue weighted by Gasteiger charge is 2.33. The molecule has 11 heteroatoms. The Kier molecular flexibility index (Phi) is 5.57. The molecule has 10 nitrogen and oxygen atoms in total. The van der Waals surface area contributed by atoms with Crippen LogP contribution in [0.1, 0.15) is 5.56 Å². The van der Waals surface area contributed by atoms with Crippen LogP contribution >= 0.6 is 11.8 Å². The van der Waals surface area contributed by atoms with Gasteiger partial charge in [-0.3, -0.25) is 14.7 Å². The summed E-state index contributed by atoms with van der Waals surface area (Å²) in [5.74, 6) is 1.64. The van der Waals surface area contributed by atoms with Crippen LogP contribution in [0.2, 0.25) is 0 Å². The Morgan fingerprint density at radius 3 is 2.97 bits per heavy atom. The average Bonchev–Trinajstić information content (AvgIpc) is 3.46. The van der Waals surface area contributed by atoms with Gasteiger partial charge in [-0.1, -0.05) is 0 Å². The molecule has 2 atom stereocenters. The molecule has 0 bridgehead atoms. The number of carbonyl (C=O) groups is 2. The molecule has 3 aliphatic rings. The summed E-state index contributed by atoms with van der Waals surface area (Å²) in [6.45, 7) is 1.52. The molecule has 0 spiro atoms. The van der Waals surface area contributed by atoms with Gasteiger partial charge in [-0.2, -0.15) is 0 Å². The van der Waals surface area contributed by atoms with Gasteiger partial charge in [0, 0.05) is 41.7 Å². The van der Waals surface area contributed by atoms with Crippen molar-refractivity contribution in [1.29, 1.82) is 0 Å². The lowest BCUT2D eigenvalue weighted by molar-refractivity contribution is -0.113. The number of hydrogen-bond acceptors (Lipinski definition) is 9. The first-order valence-electron chi connectivity index (χ1n) is 11.3. The van der Waals surface area contributed by atoms with Gasteiger partial charge in [-0.25, -0.2) is 9.78 Å². The van der Waals surface area contributed by atoms with Crippen molar-refractivity contribution in [2.24, 2.45) is 0 Å². The Labute approximate surface area is 205 Å². The fourth-order valence-corrected chi connectivity index (χ4v) is 5.33. The largest absolute Gasteiger partial charge is 0.487 e. The number of methoxy groups -OCH3 is 1. The molecule has 3 aliphatic heterocycles. The second kappa shape index (κ2) is 8.90. The molecule has 3 aromatic rings. The van der Waals surface area contributed by atoms with Crippen molar-refractivity contribution < 1.29 is 23.8 Å². The van der Waals surface area contributed by atoms with E-state index in [0.29, 0.717) is 43.4 Å². The SMILES string of the molecule is COc1ccc2ncc3c(c2n1)C[C@H](CNC[C@@H]1CN(c2ccc4c(c2)NC(=O)CS4)C(=O)O1)O3. The van der Waals surface area contributed by atoms with Gasteiger partial charge < -0.3 is 24.8 Å². The zero-order valence-electron chi connectivity index (χ0n) is 18.9. The maximum atomic E-state index is 12.5. The third-order valence-corrected chi connectivity index (χ3v) is 7.29. The van der Waals surface area contributed by atoms with Crippen LogP contribution in [0.25, 0.3) is 11.0 Å². The molecule has 0 aliphatic carbocycles. The van der Waals surface area contributed by atoms with E-state index in [1.165, 1.54) is 11.8 Å². The minimum atomic E-state index is -0.395. The van der Waals surface area contributed by atoms with Crippen molar-refractivity contribution in [1.82, 2.24) is 15.3 Å². The van der Waals surface area contributed by atoms with E-state index in [9.17, 15) is 9.59 Å². The van der Waals surface area contributed by atoms with Crippen molar-refractivity contribution in [2.75, 3.05) is 42.7 Å². The molecule has 0 saturated carbocycles. The number of anilines is 2. The Morgan fingerprint density at radius 1 is 1.20 bits per heavy atom. The number of carbonyl (C=O) groups excluding carboxylic acids is 2. The lowest BCUT2D eigenvalue weighted by Crippen LogP contribution is -2.36. The number of aromatic nitrogens is 2. The monoisotopic (exact) mass is 493 g/mol. The van der Waals surface area contributed by atoms with E-state index < -0.39 is 6.09 Å². The first-order valence-corrected chi connectivity index (χ1v) is 12.3. The van der Waals surface area contributed by atoms with E-state index in [2.05, 4.69) is 20.6 Å². The van der Waals surface area contributed by atoms with Crippen LogP contribution in [0.15, 0.2) is 41.4 Å². The van der Waals surface area contributed by atoms with E-state index >= 15 is 0 Å². The lowest BCUT2D eigenvalue weighted by atomic mass is 10.1. The van der Waals surface area contributed by atoms with Gasteiger partial charge in [-0.05, 0) is 24.3 Å². The number of amides is 2. The summed E-state index contributed by atoms with van der Waals surface area (Å²) in [5.41, 5.74) is 4.06. The second-order valence-electron chi connectivity index (χ2n) is 8.56. The zero-order chi connectivity index (χ0) is 23.9. The number of nitrogens with zero attached hydrogens (tertiary/aromatic N) is 3. The first-order chi connectivity index (χ1) is 17.1. The molecule has 35 heavy (non-hydrogen) atoms. The van der Waals surface area contributed by atoms with Crippen molar-refractivity contribution in [3.05, 3.63) is 42.1 Å². The summed E-state index contributed by atoms with van der Waals surface area (Å²) < 4.78 is 16.9. The third kappa shape index (κ3) is 4.21.